The highest BCUT2D eigenvalue weighted by atomic mass is 16.7. The van der Waals surface area contributed by atoms with Crippen LogP contribution in [0, 0.1) is 0 Å². The van der Waals surface area contributed by atoms with E-state index in [0.717, 1.165) is 25.7 Å². The molecule has 0 N–H and O–H groups in total. The molecule has 2 aliphatic heterocycles. The predicted octanol–water partition coefficient (Wildman–Crippen LogP) is 3.35. The molecule has 2 rings (SSSR count). The van der Waals surface area contributed by atoms with Gasteiger partial charge in [0.1, 0.15) is 0 Å². The molecule has 2 heterocycles. The van der Waals surface area contributed by atoms with Crippen molar-refractivity contribution in [3.05, 3.63) is 12.2 Å². The summed E-state index contributed by atoms with van der Waals surface area (Å²) >= 11 is 0. The molecule has 0 radical (unpaired) electrons. The van der Waals surface area contributed by atoms with Crippen molar-refractivity contribution in [1.82, 2.24) is 0 Å². The Balaban J connectivity index is 1.98. The summed E-state index contributed by atoms with van der Waals surface area (Å²) in [7, 11) is 0. The quantitative estimate of drug-likeness (QED) is 0.639. The van der Waals surface area contributed by atoms with Gasteiger partial charge in [0.2, 0.25) is 0 Å². The predicted molar refractivity (Wildman–Crippen MR) is 76.3 cm³/mol. The topological polar surface area (TPSA) is 44.8 Å². The molecule has 0 aliphatic carbocycles. The number of carbonyl (C=O) groups is 1. The van der Waals surface area contributed by atoms with Gasteiger partial charge < -0.3 is 14.2 Å². The molecule has 0 amide bonds. The van der Waals surface area contributed by atoms with Gasteiger partial charge in [-0.25, -0.2) is 4.79 Å². The molecular weight excluding hydrogens is 256 g/mol. The highest BCUT2D eigenvalue weighted by Gasteiger charge is 2.33. The third-order valence-corrected chi connectivity index (χ3v) is 3.95. The molecule has 0 aromatic carbocycles. The molecule has 0 aromatic heterocycles. The summed E-state index contributed by atoms with van der Waals surface area (Å²) in [5.41, 5.74) is 0. The summed E-state index contributed by atoms with van der Waals surface area (Å²) in [5.74, 6) is -1.00. The standard InChI is InChI=1S/C16H26O4/c1-14-8-6-4-2-3-5-7-10-16(18-12-13-19-16)11-9-15(17)20-14/h9,11,14H,2-8,10,12-13H2,1H3/b11-9+. The summed E-state index contributed by atoms with van der Waals surface area (Å²) in [4.78, 5) is 11.8. The van der Waals surface area contributed by atoms with Gasteiger partial charge in [-0.15, -0.1) is 0 Å². The molecule has 1 atom stereocenters. The third kappa shape index (κ3) is 4.91. The Morgan fingerprint density at radius 3 is 2.45 bits per heavy atom. The summed E-state index contributed by atoms with van der Waals surface area (Å²) in [6, 6.07) is 0. The zero-order valence-electron chi connectivity index (χ0n) is 12.4. The monoisotopic (exact) mass is 282 g/mol. The Hall–Kier alpha value is -0.870. The van der Waals surface area contributed by atoms with Crippen LogP contribution < -0.4 is 0 Å². The normalized spacial score (nSPS) is 30.6. The van der Waals surface area contributed by atoms with Gasteiger partial charge in [-0.3, -0.25) is 0 Å². The fourth-order valence-corrected chi connectivity index (χ4v) is 2.80. The van der Waals surface area contributed by atoms with E-state index in [-0.39, 0.29) is 12.1 Å². The Morgan fingerprint density at radius 1 is 1.05 bits per heavy atom. The number of rotatable bonds is 0. The smallest absolute Gasteiger partial charge is 0.330 e. The summed E-state index contributed by atoms with van der Waals surface area (Å²) < 4.78 is 16.8. The fraction of sp³-hybridized carbons (Fsp3) is 0.812. The maximum Gasteiger partial charge on any atom is 0.330 e. The molecule has 0 bridgehead atoms. The molecule has 0 saturated carbocycles. The molecule has 114 valence electrons. The summed E-state index contributed by atoms with van der Waals surface area (Å²) in [6.07, 6.45) is 12.1. The fourth-order valence-electron chi connectivity index (χ4n) is 2.80. The Kier molecular flexibility index (Phi) is 6.05. The molecule has 1 fully saturated rings. The van der Waals surface area contributed by atoms with Crippen molar-refractivity contribution in [1.29, 1.82) is 0 Å². The van der Waals surface area contributed by atoms with Gasteiger partial charge in [0.25, 0.3) is 0 Å². The summed E-state index contributed by atoms with van der Waals surface area (Å²) in [5, 5.41) is 0. The molecule has 1 unspecified atom stereocenters. The number of hydrogen-bond donors (Lipinski definition) is 0. The van der Waals surface area contributed by atoms with Crippen molar-refractivity contribution in [3.8, 4) is 0 Å². The van der Waals surface area contributed by atoms with Gasteiger partial charge in [-0.2, -0.15) is 0 Å². The zero-order valence-corrected chi connectivity index (χ0v) is 12.4. The van der Waals surface area contributed by atoms with Crippen molar-refractivity contribution < 1.29 is 19.0 Å². The van der Waals surface area contributed by atoms with Crippen molar-refractivity contribution >= 4 is 5.97 Å². The minimum atomic E-state index is -0.702. The SMILES string of the molecule is CC1CCCCCCCCC2(/C=C/C(=O)O1)OCCO2. The van der Waals surface area contributed by atoms with Crippen molar-refractivity contribution in [3.63, 3.8) is 0 Å². The highest BCUT2D eigenvalue weighted by molar-refractivity contribution is 5.82. The van der Waals surface area contributed by atoms with E-state index >= 15 is 0 Å². The van der Waals surface area contributed by atoms with Gasteiger partial charge in [0, 0.05) is 12.5 Å². The van der Waals surface area contributed by atoms with Crippen LogP contribution in [0.25, 0.3) is 0 Å². The second-order valence-electron chi connectivity index (χ2n) is 5.75. The lowest BCUT2D eigenvalue weighted by Gasteiger charge is -2.23. The summed E-state index contributed by atoms with van der Waals surface area (Å²) in [6.45, 7) is 3.14. The average molecular weight is 282 g/mol. The molecule has 0 aromatic rings. The number of hydrogen-bond acceptors (Lipinski definition) is 4. The van der Waals surface area contributed by atoms with E-state index in [1.54, 1.807) is 6.08 Å². The van der Waals surface area contributed by atoms with Crippen LogP contribution in [-0.4, -0.2) is 31.1 Å². The number of esters is 1. The van der Waals surface area contributed by atoms with Gasteiger partial charge in [0.05, 0.1) is 19.3 Å². The van der Waals surface area contributed by atoms with Crippen LogP contribution in [0.1, 0.15) is 58.3 Å². The van der Waals surface area contributed by atoms with Gasteiger partial charge >= 0.3 is 5.97 Å². The molecule has 4 heteroatoms. The number of cyclic esters (lactones) is 1. The largest absolute Gasteiger partial charge is 0.460 e. The lowest BCUT2D eigenvalue weighted by Crippen LogP contribution is -2.28. The van der Waals surface area contributed by atoms with Crippen molar-refractivity contribution in [2.24, 2.45) is 0 Å². The van der Waals surface area contributed by atoms with E-state index in [0.29, 0.717) is 13.2 Å². The molecule has 1 saturated heterocycles. The molecule has 1 spiro atoms. The number of ether oxygens (including phenoxy) is 3. The third-order valence-electron chi connectivity index (χ3n) is 3.95. The van der Waals surface area contributed by atoms with Crippen LogP contribution >= 0.6 is 0 Å². The molecule has 4 nitrogen and oxygen atoms in total. The first-order chi connectivity index (χ1) is 9.70. The van der Waals surface area contributed by atoms with Crippen LogP contribution in [0.5, 0.6) is 0 Å². The van der Waals surface area contributed by atoms with Crippen LogP contribution in [-0.2, 0) is 19.0 Å². The second kappa shape index (κ2) is 7.79. The maximum absolute atomic E-state index is 11.8. The first-order valence-corrected chi connectivity index (χ1v) is 7.88. The lowest BCUT2D eigenvalue weighted by molar-refractivity contribution is -0.144. The molecular formula is C16H26O4. The van der Waals surface area contributed by atoms with Crippen molar-refractivity contribution in [2.45, 2.75) is 70.2 Å². The minimum Gasteiger partial charge on any atom is -0.460 e. The van der Waals surface area contributed by atoms with E-state index < -0.39 is 5.79 Å². The van der Waals surface area contributed by atoms with Gasteiger partial charge in [-0.05, 0) is 32.3 Å². The Morgan fingerprint density at radius 2 is 1.70 bits per heavy atom. The zero-order chi connectivity index (χ0) is 14.3. The van der Waals surface area contributed by atoms with E-state index in [1.807, 2.05) is 6.92 Å². The van der Waals surface area contributed by atoms with Crippen LogP contribution in [0.15, 0.2) is 12.2 Å². The first kappa shape index (κ1) is 15.5. The van der Waals surface area contributed by atoms with Crippen molar-refractivity contribution in [2.75, 3.05) is 13.2 Å². The van der Waals surface area contributed by atoms with Gasteiger partial charge in [0.15, 0.2) is 5.79 Å². The van der Waals surface area contributed by atoms with Crippen LogP contribution in [0.3, 0.4) is 0 Å². The Bertz CT molecular complexity index is 331. The van der Waals surface area contributed by atoms with E-state index in [2.05, 4.69) is 0 Å². The van der Waals surface area contributed by atoms with Gasteiger partial charge in [-0.1, -0.05) is 25.7 Å². The first-order valence-electron chi connectivity index (χ1n) is 7.88. The van der Waals surface area contributed by atoms with Crippen LogP contribution in [0.2, 0.25) is 0 Å². The average Bonchev–Trinajstić information content (AvgIpc) is 2.88. The lowest BCUT2D eigenvalue weighted by atomic mass is 10.0. The molecule has 2 aliphatic rings. The van der Waals surface area contributed by atoms with Crippen LogP contribution in [0.4, 0.5) is 0 Å². The Labute approximate surface area is 121 Å². The second-order valence-corrected chi connectivity index (χ2v) is 5.75. The minimum absolute atomic E-state index is 0.0172. The molecule has 20 heavy (non-hydrogen) atoms. The maximum atomic E-state index is 11.8. The number of carbonyl (C=O) groups excluding carboxylic acids is 1. The van der Waals surface area contributed by atoms with E-state index in [1.165, 1.54) is 31.8 Å². The van der Waals surface area contributed by atoms with E-state index in [4.69, 9.17) is 14.2 Å². The highest BCUT2D eigenvalue weighted by Crippen LogP contribution is 2.28. The van der Waals surface area contributed by atoms with E-state index in [9.17, 15) is 4.79 Å².